The Morgan fingerprint density at radius 1 is 1.53 bits per heavy atom. The second-order valence-electron chi connectivity index (χ2n) is 5.52. The third kappa shape index (κ3) is 3.70. The molecule has 0 aliphatic heterocycles. The van der Waals surface area contributed by atoms with Gasteiger partial charge >= 0.3 is 6.09 Å². The summed E-state index contributed by atoms with van der Waals surface area (Å²) in [4.78, 5) is 11.5. The molecular weight excluding hydrogens is 194 g/mol. The van der Waals surface area contributed by atoms with E-state index in [1.807, 2.05) is 20.8 Å². The minimum atomic E-state index is -0.866. The van der Waals surface area contributed by atoms with Crippen LogP contribution in [0.4, 0.5) is 4.79 Å². The first-order chi connectivity index (χ1) is 6.71. The Hall–Kier alpha value is -0.770. The fourth-order valence-electron chi connectivity index (χ4n) is 1.77. The highest BCUT2D eigenvalue weighted by molar-refractivity contribution is 5.68. The Morgan fingerprint density at radius 2 is 2.13 bits per heavy atom. The molecule has 0 aromatic carbocycles. The van der Waals surface area contributed by atoms with Gasteiger partial charge in [-0.3, -0.25) is 0 Å². The largest absolute Gasteiger partial charge is 0.443 e. The van der Waals surface area contributed by atoms with Crippen LogP contribution in [-0.4, -0.2) is 28.4 Å². The minimum Gasteiger partial charge on any atom is -0.443 e. The fourth-order valence-corrected chi connectivity index (χ4v) is 1.77. The Bertz CT molecular complexity index is 243. The molecule has 88 valence electrons. The molecule has 0 aromatic rings. The van der Waals surface area contributed by atoms with Gasteiger partial charge in [0.25, 0.3) is 0 Å². The van der Waals surface area contributed by atoms with Crippen molar-refractivity contribution < 1.29 is 14.6 Å². The number of rotatable bonds is 1. The third-order valence-corrected chi connectivity index (χ3v) is 2.57. The zero-order valence-electron chi connectivity index (χ0n) is 9.96. The van der Waals surface area contributed by atoms with Crippen LogP contribution in [0.15, 0.2) is 0 Å². The predicted octanol–water partition coefficient (Wildman–Crippen LogP) is 1.81. The Balaban J connectivity index is 2.45. The van der Waals surface area contributed by atoms with Crippen molar-refractivity contribution in [2.45, 2.75) is 64.2 Å². The number of nitrogens with one attached hydrogen (secondary N) is 1. The highest BCUT2D eigenvalue weighted by Crippen LogP contribution is 2.31. The molecule has 2 atom stereocenters. The summed E-state index contributed by atoms with van der Waals surface area (Å²) in [5, 5.41) is 12.6. The van der Waals surface area contributed by atoms with E-state index in [9.17, 15) is 9.90 Å². The quantitative estimate of drug-likeness (QED) is 0.701. The van der Waals surface area contributed by atoms with Gasteiger partial charge in [-0.05, 0) is 47.0 Å². The van der Waals surface area contributed by atoms with Crippen molar-refractivity contribution in [3.05, 3.63) is 0 Å². The second kappa shape index (κ2) is 4.00. The van der Waals surface area contributed by atoms with E-state index in [1.54, 1.807) is 6.92 Å². The van der Waals surface area contributed by atoms with Crippen LogP contribution < -0.4 is 5.32 Å². The summed E-state index contributed by atoms with van der Waals surface area (Å²) in [7, 11) is 0. The lowest BCUT2D eigenvalue weighted by Crippen LogP contribution is -2.45. The number of ether oxygens (including phenoxy) is 1. The summed E-state index contributed by atoms with van der Waals surface area (Å²) in [5.74, 6) is 0. The lowest BCUT2D eigenvalue weighted by molar-refractivity contribution is -0.0475. The molecular formula is C11H21NO3. The monoisotopic (exact) mass is 215 g/mol. The van der Waals surface area contributed by atoms with E-state index < -0.39 is 11.7 Å². The third-order valence-electron chi connectivity index (χ3n) is 2.57. The molecule has 0 heterocycles. The summed E-state index contributed by atoms with van der Waals surface area (Å²) < 4.78 is 5.20. The second-order valence-corrected chi connectivity index (χ2v) is 5.52. The maximum Gasteiger partial charge on any atom is 0.407 e. The van der Waals surface area contributed by atoms with E-state index in [2.05, 4.69) is 5.32 Å². The molecule has 1 amide bonds. The molecule has 4 nitrogen and oxygen atoms in total. The minimum absolute atomic E-state index is 0.304. The van der Waals surface area contributed by atoms with E-state index in [1.165, 1.54) is 0 Å². The molecule has 2 unspecified atom stereocenters. The van der Waals surface area contributed by atoms with Crippen LogP contribution in [0.5, 0.6) is 0 Å². The van der Waals surface area contributed by atoms with Gasteiger partial charge < -0.3 is 15.2 Å². The smallest absolute Gasteiger partial charge is 0.407 e. The van der Waals surface area contributed by atoms with Crippen molar-refractivity contribution in [2.24, 2.45) is 0 Å². The van der Waals surface area contributed by atoms with E-state index in [-0.39, 0.29) is 11.6 Å². The SMILES string of the molecule is CC(C)(C)NC(=O)OC1CCCC1(C)O. The topological polar surface area (TPSA) is 58.6 Å². The number of amides is 1. The van der Waals surface area contributed by atoms with Gasteiger partial charge in [0.05, 0.1) is 5.60 Å². The standard InChI is InChI=1S/C11H21NO3/c1-10(2,3)12-9(13)15-8-6-5-7-11(8,4)14/h8,14H,5-7H2,1-4H3,(H,12,13). The zero-order chi connectivity index (χ0) is 11.7. The molecule has 1 saturated carbocycles. The normalized spacial score (nSPS) is 31.4. The summed E-state index contributed by atoms with van der Waals surface area (Å²) in [6, 6.07) is 0. The van der Waals surface area contributed by atoms with Gasteiger partial charge in [-0.15, -0.1) is 0 Å². The number of hydrogen-bond donors (Lipinski definition) is 2. The van der Waals surface area contributed by atoms with Crippen LogP contribution in [0.2, 0.25) is 0 Å². The number of aliphatic hydroxyl groups is 1. The van der Waals surface area contributed by atoms with Crippen molar-refractivity contribution in [1.82, 2.24) is 5.32 Å². The Morgan fingerprint density at radius 3 is 2.53 bits per heavy atom. The molecule has 15 heavy (non-hydrogen) atoms. The van der Waals surface area contributed by atoms with Crippen molar-refractivity contribution >= 4 is 6.09 Å². The Kier molecular flexibility index (Phi) is 3.28. The van der Waals surface area contributed by atoms with Crippen molar-refractivity contribution in [3.63, 3.8) is 0 Å². The highest BCUT2D eigenvalue weighted by atomic mass is 16.6. The van der Waals surface area contributed by atoms with Gasteiger partial charge in [-0.2, -0.15) is 0 Å². The van der Waals surface area contributed by atoms with E-state index >= 15 is 0 Å². The number of carbonyl (C=O) groups excluding carboxylic acids is 1. The molecule has 4 heteroatoms. The number of carbonyl (C=O) groups is 1. The molecule has 2 N–H and O–H groups in total. The molecule has 0 radical (unpaired) electrons. The van der Waals surface area contributed by atoms with Crippen molar-refractivity contribution in [2.75, 3.05) is 0 Å². The summed E-state index contributed by atoms with van der Waals surface area (Å²) >= 11 is 0. The first-order valence-electron chi connectivity index (χ1n) is 5.42. The average Bonchev–Trinajstić information content (AvgIpc) is 2.26. The van der Waals surface area contributed by atoms with Gasteiger partial charge in [-0.25, -0.2) is 4.79 Å². The van der Waals surface area contributed by atoms with E-state index in [4.69, 9.17) is 4.74 Å². The molecule has 1 rings (SSSR count). The van der Waals surface area contributed by atoms with E-state index in [0.29, 0.717) is 6.42 Å². The zero-order valence-corrected chi connectivity index (χ0v) is 9.96. The summed E-state index contributed by atoms with van der Waals surface area (Å²) in [6.45, 7) is 7.39. The lowest BCUT2D eigenvalue weighted by atomic mass is 10.0. The average molecular weight is 215 g/mol. The molecule has 1 aliphatic rings. The van der Waals surface area contributed by atoms with Gasteiger partial charge in [0, 0.05) is 5.54 Å². The predicted molar refractivity (Wildman–Crippen MR) is 57.6 cm³/mol. The molecule has 0 bridgehead atoms. The van der Waals surface area contributed by atoms with E-state index in [0.717, 1.165) is 12.8 Å². The van der Waals surface area contributed by atoms with Crippen molar-refractivity contribution in [1.29, 1.82) is 0 Å². The van der Waals surface area contributed by atoms with Crippen LogP contribution in [0.3, 0.4) is 0 Å². The first-order valence-corrected chi connectivity index (χ1v) is 5.42. The first kappa shape index (κ1) is 12.3. The number of hydrogen-bond acceptors (Lipinski definition) is 3. The summed E-state index contributed by atoms with van der Waals surface area (Å²) in [6.07, 6.45) is 1.51. The van der Waals surface area contributed by atoms with Crippen LogP contribution in [0, 0.1) is 0 Å². The fraction of sp³-hybridized carbons (Fsp3) is 0.909. The van der Waals surface area contributed by atoms with Gasteiger partial charge in [0.1, 0.15) is 6.10 Å². The maximum absolute atomic E-state index is 11.5. The molecule has 1 aliphatic carbocycles. The highest BCUT2D eigenvalue weighted by Gasteiger charge is 2.39. The van der Waals surface area contributed by atoms with Gasteiger partial charge in [-0.1, -0.05) is 0 Å². The molecule has 0 spiro atoms. The Labute approximate surface area is 91.0 Å². The van der Waals surface area contributed by atoms with Crippen molar-refractivity contribution in [3.8, 4) is 0 Å². The van der Waals surface area contributed by atoms with Crippen LogP contribution in [0.25, 0.3) is 0 Å². The van der Waals surface area contributed by atoms with Gasteiger partial charge in [0.2, 0.25) is 0 Å². The van der Waals surface area contributed by atoms with Crippen LogP contribution in [-0.2, 0) is 4.74 Å². The molecule has 1 fully saturated rings. The molecule has 0 saturated heterocycles. The lowest BCUT2D eigenvalue weighted by Gasteiger charge is -2.27. The van der Waals surface area contributed by atoms with Crippen LogP contribution >= 0.6 is 0 Å². The maximum atomic E-state index is 11.5. The van der Waals surface area contributed by atoms with Crippen LogP contribution in [0.1, 0.15) is 47.0 Å². The number of alkyl carbamates (subject to hydrolysis) is 1. The molecule has 0 aromatic heterocycles. The summed E-state index contributed by atoms with van der Waals surface area (Å²) in [5.41, 5.74) is -1.17. The van der Waals surface area contributed by atoms with Gasteiger partial charge in [0.15, 0.2) is 0 Å².